The molecule has 0 spiro atoms. The lowest BCUT2D eigenvalue weighted by atomic mass is 10.2. The Kier molecular flexibility index (Phi) is 3.56. The fraction of sp³-hybridized carbons (Fsp3) is 0.875. The molecule has 1 N–H and O–H groups in total. The number of nitrogens with zero attached hydrogens (tertiary/aromatic N) is 1. The van der Waals surface area contributed by atoms with Gasteiger partial charge < -0.3 is 9.84 Å². The van der Waals surface area contributed by atoms with Crippen LogP contribution in [0.2, 0.25) is 0 Å². The lowest BCUT2D eigenvalue weighted by Gasteiger charge is -2.22. The number of likely N-dealkylation sites (tertiary alicyclic amines) is 1. The third kappa shape index (κ3) is 3.35. The number of β-amino-alcohol motifs (C(OH)–C–C–N with tert-alkyl or cyclic N) is 1. The van der Waals surface area contributed by atoms with E-state index in [4.69, 9.17) is 0 Å². The van der Waals surface area contributed by atoms with Gasteiger partial charge in [0.1, 0.15) is 6.04 Å². The van der Waals surface area contributed by atoms with Crippen LogP contribution in [0.25, 0.3) is 0 Å². The van der Waals surface area contributed by atoms with Crippen molar-refractivity contribution in [3.63, 3.8) is 0 Å². The van der Waals surface area contributed by atoms with Crippen molar-refractivity contribution in [2.24, 2.45) is 0 Å². The molecule has 2 unspecified atom stereocenters. The van der Waals surface area contributed by atoms with Crippen molar-refractivity contribution in [2.75, 3.05) is 20.2 Å². The van der Waals surface area contributed by atoms with E-state index in [1.807, 2.05) is 0 Å². The maximum atomic E-state index is 12.1. The van der Waals surface area contributed by atoms with E-state index < -0.39 is 30.8 Å². The van der Waals surface area contributed by atoms with Crippen LogP contribution in [0.15, 0.2) is 0 Å². The summed E-state index contributed by atoms with van der Waals surface area (Å²) in [5.41, 5.74) is 0. The first kappa shape index (κ1) is 12.3. The molecular weight excluding hydrogens is 215 g/mol. The van der Waals surface area contributed by atoms with Crippen molar-refractivity contribution in [2.45, 2.75) is 24.7 Å². The molecule has 0 aromatic rings. The number of halogens is 3. The number of alkyl halides is 3. The number of aliphatic hydroxyl groups is 1. The highest BCUT2D eigenvalue weighted by Crippen LogP contribution is 2.24. The van der Waals surface area contributed by atoms with Crippen molar-refractivity contribution in [3.05, 3.63) is 0 Å². The van der Waals surface area contributed by atoms with Gasteiger partial charge in [0.25, 0.3) is 0 Å². The van der Waals surface area contributed by atoms with Gasteiger partial charge in [0, 0.05) is 13.0 Å². The van der Waals surface area contributed by atoms with Crippen LogP contribution in [-0.4, -0.2) is 54.5 Å². The largest absolute Gasteiger partial charge is 0.468 e. The summed E-state index contributed by atoms with van der Waals surface area (Å²) in [6.45, 7) is -1.36. The van der Waals surface area contributed by atoms with Gasteiger partial charge in [-0.1, -0.05) is 0 Å². The first-order valence-corrected chi connectivity index (χ1v) is 4.40. The highest BCUT2D eigenvalue weighted by atomic mass is 19.4. The van der Waals surface area contributed by atoms with E-state index in [0.717, 1.165) is 12.0 Å². The predicted octanol–water partition coefficient (Wildman–Crippen LogP) is 0.157. The summed E-state index contributed by atoms with van der Waals surface area (Å²) in [5, 5.41) is 9.19. The minimum Gasteiger partial charge on any atom is -0.468 e. The second-order valence-electron chi connectivity index (χ2n) is 3.47. The number of hydrogen-bond acceptors (Lipinski definition) is 4. The first-order valence-electron chi connectivity index (χ1n) is 4.40. The SMILES string of the molecule is COC(=O)C1CC(O)CN1CC(F)(F)F. The minimum atomic E-state index is -4.38. The summed E-state index contributed by atoms with van der Waals surface area (Å²) in [6, 6.07) is -0.994. The van der Waals surface area contributed by atoms with Crippen molar-refractivity contribution in [3.8, 4) is 0 Å². The number of methoxy groups -OCH3 is 1. The molecule has 7 heteroatoms. The molecule has 1 fully saturated rings. The van der Waals surface area contributed by atoms with Gasteiger partial charge in [-0.15, -0.1) is 0 Å². The van der Waals surface area contributed by atoms with E-state index in [-0.39, 0.29) is 13.0 Å². The fourth-order valence-corrected chi connectivity index (χ4v) is 1.67. The first-order chi connectivity index (χ1) is 6.83. The molecule has 1 aliphatic heterocycles. The lowest BCUT2D eigenvalue weighted by Crippen LogP contribution is -2.42. The number of aliphatic hydroxyl groups excluding tert-OH is 1. The van der Waals surface area contributed by atoms with Crippen LogP contribution in [0.5, 0.6) is 0 Å². The molecule has 1 rings (SSSR count). The zero-order valence-electron chi connectivity index (χ0n) is 8.12. The Hall–Kier alpha value is -0.820. The Bertz CT molecular complexity index is 244. The molecule has 0 amide bonds. The number of ether oxygens (including phenoxy) is 1. The zero-order chi connectivity index (χ0) is 11.6. The Balaban J connectivity index is 2.65. The van der Waals surface area contributed by atoms with E-state index in [1.165, 1.54) is 0 Å². The molecule has 0 aromatic heterocycles. The Morgan fingerprint density at radius 2 is 2.20 bits per heavy atom. The molecule has 0 bridgehead atoms. The van der Waals surface area contributed by atoms with Gasteiger partial charge in [-0.2, -0.15) is 13.2 Å². The number of carbonyl (C=O) groups excluding carboxylic acids is 1. The highest BCUT2D eigenvalue weighted by Gasteiger charge is 2.42. The quantitative estimate of drug-likeness (QED) is 0.682. The summed E-state index contributed by atoms with van der Waals surface area (Å²) in [7, 11) is 1.11. The molecule has 0 radical (unpaired) electrons. The van der Waals surface area contributed by atoms with Gasteiger partial charge in [-0.25, -0.2) is 0 Å². The van der Waals surface area contributed by atoms with Crippen molar-refractivity contribution >= 4 is 5.97 Å². The lowest BCUT2D eigenvalue weighted by molar-refractivity contribution is -0.160. The normalized spacial score (nSPS) is 28.1. The van der Waals surface area contributed by atoms with Crippen LogP contribution in [0, 0.1) is 0 Å². The van der Waals surface area contributed by atoms with E-state index in [1.54, 1.807) is 0 Å². The van der Waals surface area contributed by atoms with Crippen LogP contribution in [0.1, 0.15) is 6.42 Å². The average molecular weight is 227 g/mol. The Morgan fingerprint density at radius 1 is 1.60 bits per heavy atom. The molecule has 1 saturated heterocycles. The summed E-state index contributed by atoms with van der Waals surface area (Å²) in [5.74, 6) is -0.740. The molecule has 0 aliphatic carbocycles. The van der Waals surface area contributed by atoms with Gasteiger partial charge in [-0.05, 0) is 0 Å². The van der Waals surface area contributed by atoms with Gasteiger partial charge in [0.15, 0.2) is 0 Å². The average Bonchev–Trinajstić information content (AvgIpc) is 2.42. The van der Waals surface area contributed by atoms with Crippen LogP contribution in [0.3, 0.4) is 0 Å². The molecule has 88 valence electrons. The second kappa shape index (κ2) is 4.36. The zero-order valence-corrected chi connectivity index (χ0v) is 8.12. The van der Waals surface area contributed by atoms with Crippen LogP contribution >= 0.6 is 0 Å². The molecule has 0 saturated carbocycles. The summed E-state index contributed by atoms with van der Waals surface area (Å²) < 4.78 is 40.7. The van der Waals surface area contributed by atoms with Crippen LogP contribution < -0.4 is 0 Å². The van der Waals surface area contributed by atoms with Crippen LogP contribution in [-0.2, 0) is 9.53 Å². The number of esters is 1. The topological polar surface area (TPSA) is 49.8 Å². The monoisotopic (exact) mass is 227 g/mol. The molecule has 2 atom stereocenters. The third-order valence-electron chi connectivity index (χ3n) is 2.24. The summed E-state index contributed by atoms with van der Waals surface area (Å²) >= 11 is 0. The maximum Gasteiger partial charge on any atom is 0.401 e. The Morgan fingerprint density at radius 3 is 2.67 bits per heavy atom. The fourth-order valence-electron chi connectivity index (χ4n) is 1.67. The van der Waals surface area contributed by atoms with Gasteiger partial charge in [0.2, 0.25) is 0 Å². The summed E-state index contributed by atoms with van der Waals surface area (Å²) in [6.07, 6.45) is -5.30. The van der Waals surface area contributed by atoms with Gasteiger partial charge in [0.05, 0.1) is 19.8 Å². The van der Waals surface area contributed by atoms with Crippen LogP contribution in [0.4, 0.5) is 13.2 Å². The van der Waals surface area contributed by atoms with E-state index >= 15 is 0 Å². The summed E-state index contributed by atoms with van der Waals surface area (Å²) in [4.78, 5) is 12.0. The smallest absolute Gasteiger partial charge is 0.401 e. The maximum absolute atomic E-state index is 12.1. The second-order valence-corrected chi connectivity index (χ2v) is 3.47. The Labute approximate surface area is 84.6 Å². The number of hydrogen-bond donors (Lipinski definition) is 1. The van der Waals surface area contributed by atoms with Crippen molar-refractivity contribution < 1.29 is 27.8 Å². The third-order valence-corrected chi connectivity index (χ3v) is 2.24. The van der Waals surface area contributed by atoms with E-state index in [2.05, 4.69) is 4.74 Å². The molecule has 15 heavy (non-hydrogen) atoms. The molecule has 0 aromatic carbocycles. The molecule has 1 aliphatic rings. The molecule has 1 heterocycles. The van der Waals surface area contributed by atoms with Gasteiger partial charge >= 0.3 is 12.1 Å². The minimum absolute atomic E-state index is 0.0112. The van der Waals surface area contributed by atoms with E-state index in [9.17, 15) is 23.1 Å². The molecular formula is C8H12F3NO3. The van der Waals surface area contributed by atoms with E-state index in [0.29, 0.717) is 0 Å². The predicted molar refractivity (Wildman–Crippen MR) is 44.1 cm³/mol. The van der Waals surface area contributed by atoms with Crippen molar-refractivity contribution in [1.29, 1.82) is 0 Å². The van der Waals surface area contributed by atoms with Gasteiger partial charge in [-0.3, -0.25) is 9.69 Å². The standard InChI is InChI=1S/C8H12F3NO3/c1-15-7(14)6-2-5(13)3-12(6)4-8(9,10)11/h5-6,13H,2-4H2,1H3. The highest BCUT2D eigenvalue weighted by molar-refractivity contribution is 5.76. The molecule has 4 nitrogen and oxygen atoms in total. The van der Waals surface area contributed by atoms with Crippen molar-refractivity contribution in [1.82, 2.24) is 4.90 Å². The number of carbonyl (C=O) groups is 1. The number of rotatable bonds is 2.